The summed E-state index contributed by atoms with van der Waals surface area (Å²) in [5.74, 6) is -0.284. The largest absolute Gasteiger partial charge is 0.456 e. The summed E-state index contributed by atoms with van der Waals surface area (Å²) in [6.45, 7) is 14.8. The van der Waals surface area contributed by atoms with Gasteiger partial charge in [0.15, 0.2) is 5.69 Å². The van der Waals surface area contributed by atoms with Crippen molar-refractivity contribution in [3.8, 4) is 0 Å². The van der Waals surface area contributed by atoms with Crippen molar-refractivity contribution in [2.45, 2.75) is 44.9 Å². The molecule has 0 spiro atoms. The molecule has 0 aromatic heterocycles. The van der Waals surface area contributed by atoms with Crippen LogP contribution in [0.4, 0.5) is 17.1 Å². The third kappa shape index (κ3) is 3.55. The average Bonchev–Trinajstić information content (AvgIpc) is 3.28. The highest BCUT2D eigenvalue weighted by Crippen LogP contribution is 2.38. The fourth-order valence-electron chi connectivity index (χ4n) is 4.17. The van der Waals surface area contributed by atoms with E-state index in [0.29, 0.717) is 23.3 Å². The van der Waals surface area contributed by atoms with E-state index >= 15 is 0 Å². The molecule has 0 saturated carbocycles. The molecule has 2 bridgehead atoms. The molecule has 2 aromatic carbocycles. The van der Waals surface area contributed by atoms with Gasteiger partial charge in [0.1, 0.15) is 5.60 Å². The molecule has 2 aromatic rings. The lowest BCUT2D eigenvalue weighted by Gasteiger charge is -2.37. The minimum atomic E-state index is -0.488. The van der Waals surface area contributed by atoms with E-state index < -0.39 is 5.60 Å². The first-order valence-electron chi connectivity index (χ1n) is 9.68. The van der Waals surface area contributed by atoms with E-state index in [1.54, 1.807) is 0 Å². The van der Waals surface area contributed by atoms with Gasteiger partial charge < -0.3 is 14.5 Å². The molecule has 2 aliphatic heterocycles. The molecule has 4 rings (SSSR count). The highest BCUT2D eigenvalue weighted by Gasteiger charge is 2.43. The van der Waals surface area contributed by atoms with Crippen molar-refractivity contribution in [1.82, 2.24) is 0 Å². The van der Waals surface area contributed by atoms with Crippen LogP contribution in [0.25, 0.3) is 4.85 Å². The molecule has 2 saturated heterocycles. The number of fused-ring (bicyclic) bond motifs is 2. The van der Waals surface area contributed by atoms with E-state index in [9.17, 15) is 4.79 Å². The van der Waals surface area contributed by atoms with Gasteiger partial charge in [-0.2, -0.15) is 0 Å². The Labute approximate surface area is 166 Å². The number of benzene rings is 2. The maximum atomic E-state index is 12.2. The van der Waals surface area contributed by atoms with Crippen molar-refractivity contribution < 1.29 is 9.53 Å². The van der Waals surface area contributed by atoms with Crippen LogP contribution < -0.4 is 9.80 Å². The van der Waals surface area contributed by atoms with E-state index in [-0.39, 0.29) is 5.97 Å². The van der Waals surface area contributed by atoms with Gasteiger partial charge in [0.05, 0.1) is 12.1 Å². The lowest BCUT2D eigenvalue weighted by molar-refractivity contribution is 0.00695. The predicted octanol–water partition coefficient (Wildman–Crippen LogP) is 4.66. The summed E-state index contributed by atoms with van der Waals surface area (Å²) in [5, 5.41) is 0. The zero-order valence-electron chi connectivity index (χ0n) is 16.6. The molecule has 2 atom stereocenters. The summed E-state index contributed by atoms with van der Waals surface area (Å²) in [6, 6.07) is 16.5. The SMILES string of the molecule is [C-]#[N+]c1cccc(N2C[C@H]3C[C@@H]2CN3c2ccc(C(=O)OC(C)(C)C)cc2)c1. The number of hydrogen-bond donors (Lipinski definition) is 0. The van der Waals surface area contributed by atoms with Crippen LogP contribution in [-0.2, 0) is 4.74 Å². The number of piperazine rings is 1. The Morgan fingerprint density at radius 1 is 1.04 bits per heavy atom. The second-order valence-electron chi connectivity index (χ2n) is 8.53. The van der Waals surface area contributed by atoms with Crippen LogP contribution >= 0.6 is 0 Å². The molecular weight excluding hydrogens is 350 g/mol. The van der Waals surface area contributed by atoms with E-state index in [4.69, 9.17) is 11.3 Å². The van der Waals surface area contributed by atoms with Crippen molar-refractivity contribution in [2.24, 2.45) is 0 Å². The zero-order chi connectivity index (χ0) is 19.9. The van der Waals surface area contributed by atoms with Gasteiger partial charge in [-0.1, -0.05) is 12.1 Å². The van der Waals surface area contributed by atoms with Crippen LogP contribution in [0.5, 0.6) is 0 Å². The van der Waals surface area contributed by atoms with Gasteiger partial charge >= 0.3 is 5.97 Å². The van der Waals surface area contributed by atoms with Crippen LogP contribution in [0, 0.1) is 6.57 Å². The Morgan fingerprint density at radius 3 is 2.25 bits per heavy atom. The topological polar surface area (TPSA) is 37.1 Å². The van der Waals surface area contributed by atoms with Crippen molar-refractivity contribution in [2.75, 3.05) is 22.9 Å². The summed E-state index contributed by atoms with van der Waals surface area (Å²) in [5.41, 5.74) is 3.07. The minimum Gasteiger partial charge on any atom is -0.456 e. The van der Waals surface area contributed by atoms with E-state index in [2.05, 4.69) is 20.7 Å². The van der Waals surface area contributed by atoms with Crippen LogP contribution in [0.15, 0.2) is 48.5 Å². The van der Waals surface area contributed by atoms with Crippen LogP contribution in [0.2, 0.25) is 0 Å². The molecular formula is C23H25N3O2. The van der Waals surface area contributed by atoms with Gasteiger partial charge in [-0.25, -0.2) is 9.64 Å². The van der Waals surface area contributed by atoms with Crippen molar-refractivity contribution in [1.29, 1.82) is 0 Å². The Balaban J connectivity index is 1.44. The van der Waals surface area contributed by atoms with Gasteiger partial charge in [-0.05, 0) is 63.6 Å². The first-order chi connectivity index (χ1) is 13.3. The maximum Gasteiger partial charge on any atom is 0.338 e. The van der Waals surface area contributed by atoms with Gasteiger partial charge in [0, 0.05) is 36.5 Å². The van der Waals surface area contributed by atoms with Gasteiger partial charge in [-0.15, -0.1) is 0 Å². The number of carbonyl (C=O) groups excluding carboxylic acids is 1. The number of esters is 1. The number of hydrogen-bond acceptors (Lipinski definition) is 4. The van der Waals surface area contributed by atoms with Gasteiger partial charge in [-0.3, -0.25) is 0 Å². The number of nitrogens with zero attached hydrogens (tertiary/aromatic N) is 3. The predicted molar refractivity (Wildman–Crippen MR) is 111 cm³/mol. The third-order valence-corrected chi connectivity index (χ3v) is 5.36. The molecule has 28 heavy (non-hydrogen) atoms. The molecule has 0 amide bonds. The number of carbonyl (C=O) groups is 1. The lowest BCUT2D eigenvalue weighted by Crippen LogP contribution is -2.46. The fourth-order valence-corrected chi connectivity index (χ4v) is 4.17. The molecule has 2 heterocycles. The highest BCUT2D eigenvalue weighted by atomic mass is 16.6. The van der Waals surface area contributed by atoms with Crippen molar-refractivity contribution >= 4 is 23.0 Å². The molecule has 2 aliphatic rings. The number of ether oxygens (including phenoxy) is 1. The van der Waals surface area contributed by atoms with Gasteiger partial charge in [0.25, 0.3) is 0 Å². The number of rotatable bonds is 3. The monoisotopic (exact) mass is 375 g/mol. The van der Waals surface area contributed by atoms with Crippen molar-refractivity contribution in [3.05, 3.63) is 65.5 Å². The van der Waals surface area contributed by atoms with E-state index in [1.165, 1.54) is 0 Å². The molecule has 5 heteroatoms. The summed E-state index contributed by atoms with van der Waals surface area (Å²) in [6.07, 6.45) is 1.12. The first-order valence-corrected chi connectivity index (χ1v) is 9.68. The summed E-state index contributed by atoms with van der Waals surface area (Å²) >= 11 is 0. The third-order valence-electron chi connectivity index (χ3n) is 5.36. The van der Waals surface area contributed by atoms with E-state index in [0.717, 1.165) is 30.9 Å². The Bertz CT molecular complexity index is 924. The average molecular weight is 375 g/mol. The molecule has 0 aliphatic carbocycles. The minimum absolute atomic E-state index is 0.284. The van der Waals surface area contributed by atoms with Crippen LogP contribution in [0.3, 0.4) is 0 Å². The molecule has 0 unspecified atom stereocenters. The van der Waals surface area contributed by atoms with Crippen molar-refractivity contribution in [3.63, 3.8) is 0 Å². The summed E-state index contributed by atoms with van der Waals surface area (Å²) < 4.78 is 5.44. The highest BCUT2D eigenvalue weighted by molar-refractivity contribution is 5.90. The summed E-state index contributed by atoms with van der Waals surface area (Å²) in [7, 11) is 0. The second kappa shape index (κ2) is 6.87. The standard InChI is InChI=1S/C23H25N3O2/c1-23(2,3)28-22(27)16-8-10-18(11-9-16)25-14-21-13-20(25)15-26(21)19-7-5-6-17(12-19)24-4/h5-12,20-21H,13-15H2,1-3H3/t20-,21-/m1/s1. The lowest BCUT2D eigenvalue weighted by atomic mass is 10.1. The summed E-state index contributed by atoms with van der Waals surface area (Å²) in [4.78, 5) is 20.6. The molecule has 5 nitrogen and oxygen atoms in total. The smallest absolute Gasteiger partial charge is 0.338 e. The first kappa shape index (κ1) is 18.4. The molecule has 0 radical (unpaired) electrons. The van der Waals surface area contributed by atoms with Gasteiger partial charge in [0.2, 0.25) is 0 Å². The van der Waals surface area contributed by atoms with E-state index in [1.807, 2.05) is 63.2 Å². The van der Waals surface area contributed by atoms with Crippen LogP contribution in [-0.4, -0.2) is 36.7 Å². The Kier molecular flexibility index (Phi) is 4.50. The Morgan fingerprint density at radius 2 is 1.68 bits per heavy atom. The Hall–Kier alpha value is -3.00. The quantitative estimate of drug-likeness (QED) is 0.578. The number of anilines is 2. The maximum absolute atomic E-state index is 12.2. The van der Waals surface area contributed by atoms with Crippen LogP contribution in [0.1, 0.15) is 37.6 Å². The molecule has 2 fully saturated rings. The zero-order valence-corrected chi connectivity index (χ0v) is 16.6. The normalized spacial score (nSPS) is 20.9. The molecule has 144 valence electrons. The second-order valence-corrected chi connectivity index (χ2v) is 8.53. The fraction of sp³-hybridized carbons (Fsp3) is 0.391. The molecule has 0 N–H and O–H groups in total.